The first-order chi connectivity index (χ1) is 42.4. The van der Waals surface area contributed by atoms with Gasteiger partial charge in [0.1, 0.15) is 54.4 Å². The van der Waals surface area contributed by atoms with E-state index in [0.29, 0.717) is 0 Å². The molecule has 0 unspecified atom stereocenters. The van der Waals surface area contributed by atoms with Crippen LogP contribution in [0.25, 0.3) is 0 Å². The molecule has 2 rings (SSSR count). The summed E-state index contributed by atoms with van der Waals surface area (Å²) in [7, 11) is 0. The summed E-state index contributed by atoms with van der Waals surface area (Å²) in [5, 5.41) is 45.4. The van der Waals surface area contributed by atoms with Crippen molar-refractivity contribution in [2.45, 2.75) is 164 Å². The standard InChI is InChI=1S/C51H70F12N14O15/c1-22(2)20-31-40(85)72-27(12-17-67-45(90)49(55,56)57)36(81)71-30(14-19-69-47(92)51(61,62)63)39(84)77-34(24(4)79)43(88)74-29(10-15-65-35(80)26(73-42(87)33(64)23(3)78)11-16-66-44(89)48(52,53)54)37(82)70-28(13-18-68-46(91)50(58,59)60)38(83)76-32(41(86)75-31)21-25-8-6-5-7-9-25/h5-9,22-24,26-34,78-79H,10-21,64H2,1-4H3,(H,65,80)(H,66,89)(H,67,90)(H,68,91)(H,69,92)(H,70,82)(H,71,81)(H,72,85)(H,73,87)(H,74,88)(H,75,86)(H,76,83)(H,77,84)/t23-,24-,26+,27+,28+,29+,30+,31+,32-,33+,34+/m1/s1. The zero-order chi connectivity index (χ0) is 70.2. The monoisotopic (exact) mass is 1350 g/mol. The summed E-state index contributed by atoms with van der Waals surface area (Å²) in [6.07, 6.45) is -31.7. The van der Waals surface area contributed by atoms with Crippen LogP contribution in [0.15, 0.2) is 30.3 Å². The summed E-state index contributed by atoms with van der Waals surface area (Å²) in [6.45, 7) is -0.532. The topological polar surface area (TPSA) is 445 Å². The van der Waals surface area contributed by atoms with Gasteiger partial charge in [-0.3, -0.25) is 62.3 Å². The molecule has 29 nitrogen and oxygen atoms in total. The van der Waals surface area contributed by atoms with E-state index in [9.17, 15) is 125 Å². The average molecular weight is 1350 g/mol. The normalized spacial score (nSPS) is 21.7. The third-order valence-corrected chi connectivity index (χ3v) is 12.9. The van der Waals surface area contributed by atoms with Gasteiger partial charge >= 0.3 is 48.3 Å². The summed E-state index contributed by atoms with van der Waals surface area (Å²) < 4.78 is 159. The molecule has 0 saturated carbocycles. The second-order valence-corrected chi connectivity index (χ2v) is 21.0. The molecule has 0 aromatic heterocycles. The molecule has 13 amide bonds. The molecule has 1 heterocycles. The van der Waals surface area contributed by atoms with Crippen LogP contribution in [0.2, 0.25) is 0 Å². The Balaban J connectivity index is 3.00. The smallest absolute Gasteiger partial charge is 0.391 e. The van der Waals surface area contributed by atoms with Crippen LogP contribution in [0.3, 0.4) is 0 Å². The third-order valence-electron chi connectivity index (χ3n) is 12.9. The maximum Gasteiger partial charge on any atom is 0.471 e. The number of nitrogens with one attached hydrogen (secondary N) is 13. The summed E-state index contributed by atoms with van der Waals surface area (Å²) in [5.74, 6) is -24.1. The maximum absolute atomic E-state index is 14.5. The molecule has 1 aromatic rings. The van der Waals surface area contributed by atoms with Crippen LogP contribution in [0, 0.1) is 5.92 Å². The Hall–Kier alpha value is -8.63. The molecule has 1 fully saturated rings. The molecule has 1 aliphatic heterocycles. The van der Waals surface area contributed by atoms with Crippen LogP contribution >= 0.6 is 0 Å². The van der Waals surface area contributed by atoms with Crippen LogP contribution < -0.4 is 74.9 Å². The van der Waals surface area contributed by atoms with Crippen molar-refractivity contribution in [3.05, 3.63) is 35.9 Å². The highest BCUT2D eigenvalue weighted by Gasteiger charge is 2.43. The molecule has 0 aliphatic carbocycles. The average Bonchev–Trinajstić information content (AvgIpc) is 1.69. The van der Waals surface area contributed by atoms with E-state index in [-0.39, 0.29) is 12.0 Å². The highest BCUT2D eigenvalue weighted by Crippen LogP contribution is 2.18. The molecule has 11 atom stereocenters. The Morgan fingerprint density at radius 2 is 0.783 bits per heavy atom. The number of carbonyl (C=O) groups is 13. The Morgan fingerprint density at radius 3 is 1.15 bits per heavy atom. The second kappa shape index (κ2) is 35.8. The lowest BCUT2D eigenvalue weighted by molar-refractivity contribution is -0.173. The van der Waals surface area contributed by atoms with E-state index in [1.54, 1.807) is 0 Å². The van der Waals surface area contributed by atoms with Gasteiger partial charge in [-0.1, -0.05) is 44.2 Å². The predicted molar refractivity (Wildman–Crippen MR) is 289 cm³/mol. The van der Waals surface area contributed by atoms with Crippen LogP contribution in [0.5, 0.6) is 0 Å². The van der Waals surface area contributed by atoms with Gasteiger partial charge in [0.25, 0.3) is 0 Å². The zero-order valence-electron chi connectivity index (χ0n) is 49.1. The minimum absolute atomic E-state index is 0.242. The number of benzene rings is 1. The number of hydrogen-bond acceptors (Lipinski definition) is 16. The number of amides is 13. The van der Waals surface area contributed by atoms with Crippen molar-refractivity contribution in [2.24, 2.45) is 11.7 Å². The second-order valence-electron chi connectivity index (χ2n) is 21.0. The number of alkyl halides is 12. The van der Waals surface area contributed by atoms with Gasteiger partial charge in [0.2, 0.25) is 53.2 Å². The van der Waals surface area contributed by atoms with E-state index < -0.39 is 245 Å². The lowest BCUT2D eigenvalue weighted by atomic mass is 10.00. The van der Waals surface area contributed by atoms with Gasteiger partial charge in [-0.2, -0.15) is 52.7 Å². The van der Waals surface area contributed by atoms with Crippen LogP contribution in [0.4, 0.5) is 52.7 Å². The Bertz CT molecular complexity index is 2760. The fourth-order valence-corrected chi connectivity index (χ4v) is 8.06. The van der Waals surface area contributed by atoms with Crippen molar-refractivity contribution in [1.29, 1.82) is 0 Å². The van der Waals surface area contributed by atoms with Crippen LogP contribution in [-0.2, 0) is 68.7 Å². The highest BCUT2D eigenvalue weighted by molar-refractivity contribution is 5.99. The molecule has 41 heteroatoms. The Morgan fingerprint density at radius 1 is 0.457 bits per heavy atom. The molecule has 0 bridgehead atoms. The van der Waals surface area contributed by atoms with Crippen molar-refractivity contribution in [1.82, 2.24) is 69.1 Å². The highest BCUT2D eigenvalue weighted by atomic mass is 19.4. The van der Waals surface area contributed by atoms with Crippen molar-refractivity contribution in [3.63, 3.8) is 0 Å². The maximum atomic E-state index is 14.5. The van der Waals surface area contributed by atoms with Crippen molar-refractivity contribution < 1.29 is 125 Å². The van der Waals surface area contributed by atoms with Gasteiger partial charge < -0.3 is 85.1 Å². The summed E-state index contributed by atoms with van der Waals surface area (Å²) in [6, 6.07) is -11.6. The minimum Gasteiger partial charge on any atom is -0.391 e. The summed E-state index contributed by atoms with van der Waals surface area (Å²) in [4.78, 5) is 174. The number of rotatable bonds is 24. The van der Waals surface area contributed by atoms with E-state index in [4.69, 9.17) is 5.73 Å². The number of hydrogen-bond donors (Lipinski definition) is 16. The summed E-state index contributed by atoms with van der Waals surface area (Å²) >= 11 is 0. The third kappa shape index (κ3) is 27.9. The molecule has 17 N–H and O–H groups in total. The first-order valence-electron chi connectivity index (χ1n) is 27.7. The van der Waals surface area contributed by atoms with Crippen LogP contribution in [-0.4, -0.2) is 211 Å². The Kier molecular flexibility index (Phi) is 31.0. The quantitative estimate of drug-likeness (QED) is 0.0439. The number of aliphatic hydroxyl groups is 2. The van der Waals surface area contributed by atoms with Crippen LogP contribution in [0.1, 0.15) is 71.8 Å². The fourth-order valence-electron chi connectivity index (χ4n) is 8.06. The van der Waals surface area contributed by atoms with Gasteiger partial charge in [-0.05, 0) is 63.9 Å². The molecular weight excluding hydrogens is 1280 g/mol. The molecule has 518 valence electrons. The van der Waals surface area contributed by atoms with Gasteiger partial charge in [-0.15, -0.1) is 0 Å². The van der Waals surface area contributed by atoms with Crippen molar-refractivity contribution >= 4 is 76.8 Å². The van der Waals surface area contributed by atoms with E-state index in [1.165, 1.54) is 65.4 Å². The summed E-state index contributed by atoms with van der Waals surface area (Å²) in [5.41, 5.74) is 5.87. The lowest BCUT2D eigenvalue weighted by Crippen LogP contribution is -2.62. The van der Waals surface area contributed by atoms with Gasteiger partial charge in [0.15, 0.2) is 0 Å². The number of halogens is 12. The van der Waals surface area contributed by atoms with Gasteiger partial charge in [0.05, 0.1) is 12.2 Å². The van der Waals surface area contributed by atoms with E-state index in [2.05, 4.69) is 26.6 Å². The number of nitrogens with two attached hydrogens (primary N) is 1. The first-order valence-corrected chi connectivity index (χ1v) is 27.7. The molecule has 1 saturated heterocycles. The van der Waals surface area contributed by atoms with Gasteiger partial charge in [-0.25, -0.2) is 0 Å². The molecule has 1 aliphatic rings. The van der Waals surface area contributed by atoms with E-state index in [1.807, 2.05) is 21.3 Å². The number of aliphatic hydroxyl groups excluding tert-OH is 2. The molecule has 92 heavy (non-hydrogen) atoms. The predicted octanol–water partition coefficient (Wildman–Crippen LogP) is -3.96. The Labute approximate surface area is 514 Å². The lowest BCUT2D eigenvalue weighted by Gasteiger charge is -2.29. The number of carbonyl (C=O) groups excluding carboxylic acids is 13. The zero-order valence-corrected chi connectivity index (χ0v) is 49.1. The van der Waals surface area contributed by atoms with E-state index in [0.717, 1.165) is 13.8 Å². The van der Waals surface area contributed by atoms with Gasteiger partial charge in [0, 0.05) is 39.1 Å². The van der Waals surface area contributed by atoms with Crippen molar-refractivity contribution in [3.8, 4) is 0 Å². The minimum atomic E-state index is -5.56. The van der Waals surface area contributed by atoms with E-state index >= 15 is 0 Å². The molecule has 0 spiro atoms. The van der Waals surface area contributed by atoms with Crippen molar-refractivity contribution in [2.75, 3.05) is 32.7 Å². The molecule has 0 radical (unpaired) electrons. The molecule has 1 aromatic carbocycles. The largest absolute Gasteiger partial charge is 0.471 e. The fraction of sp³-hybridized carbons (Fsp3) is 0.627. The first kappa shape index (κ1) is 79.5. The SMILES string of the molecule is CC(C)C[C@@H]1NC(=O)[C@@H](Cc2ccccc2)NC(=O)[C@H](CCNC(=O)C(F)(F)F)NC(=O)[C@H](CCNC(=O)[C@H](CCNC(=O)C(F)(F)F)NC(=O)[C@@H](N)[C@@H](C)O)NC(=O)[C@H]([C@@H](C)O)NC(=O)[C@H](CCNC(=O)C(F)(F)F)NC(=O)[C@H](CCNC(=O)C(F)(F)F)NC1=O. The molecular formula is C51H70F12N14O15.